The molecule has 0 saturated heterocycles. The molecule has 7 nitrogen and oxygen atoms in total. The second-order valence-electron chi connectivity index (χ2n) is 3.20. The van der Waals surface area contributed by atoms with Gasteiger partial charge in [-0.05, 0) is 0 Å². The second-order valence-corrected chi connectivity index (χ2v) is 4.59. The van der Waals surface area contributed by atoms with Crippen LogP contribution < -0.4 is 10.2 Å². The summed E-state index contributed by atoms with van der Waals surface area (Å²) in [5.41, 5.74) is 0. The Morgan fingerprint density at radius 3 is 2.58 bits per heavy atom. The van der Waals surface area contributed by atoms with Crippen molar-refractivity contribution in [2.45, 2.75) is 0 Å². The minimum atomic E-state index is -1.20. The molecule has 0 unspecified atom stereocenters. The lowest BCUT2D eigenvalue weighted by Gasteiger charge is -2.16. The number of carbonyl (C=O) groups excluding carboxylic acids is 2. The zero-order valence-corrected chi connectivity index (χ0v) is 11.8. The summed E-state index contributed by atoms with van der Waals surface area (Å²) in [5.74, 6) is -2.72. The maximum atomic E-state index is 11.5. The molecule has 1 aromatic rings. The van der Waals surface area contributed by atoms with Crippen molar-refractivity contribution in [3.05, 3.63) is 5.38 Å². The predicted octanol–water partition coefficient (Wildman–Crippen LogP) is 0.977. The zero-order chi connectivity index (χ0) is 14.4. The van der Waals surface area contributed by atoms with Gasteiger partial charge in [0, 0.05) is 5.38 Å². The number of nitrogens with one attached hydrogen (secondary N) is 1. The molecule has 0 atom stereocenters. The normalized spacial score (nSPS) is 10.0. The highest BCUT2D eigenvalue weighted by Crippen LogP contribution is 2.22. The number of rotatable bonds is 6. The van der Waals surface area contributed by atoms with Crippen LogP contribution in [0.4, 0.5) is 10.9 Å². The lowest BCUT2D eigenvalue weighted by atomic mass is 10.4. The number of aromatic nitrogens is 1. The van der Waals surface area contributed by atoms with E-state index in [4.69, 9.17) is 28.3 Å². The first-order valence-electron chi connectivity index (χ1n) is 4.87. The molecular formula is C9H9Cl2N3O4S. The van der Waals surface area contributed by atoms with Gasteiger partial charge >= 0.3 is 5.97 Å². The molecule has 104 valence electrons. The number of hydrogen-bond donors (Lipinski definition) is 2. The third kappa shape index (κ3) is 4.66. The summed E-state index contributed by atoms with van der Waals surface area (Å²) in [6.07, 6.45) is 0. The Kier molecular flexibility index (Phi) is 6.00. The van der Waals surface area contributed by atoms with Crippen LogP contribution in [0.25, 0.3) is 0 Å². The number of anilines is 2. The predicted molar refractivity (Wildman–Crippen MR) is 72.2 cm³/mol. The Morgan fingerprint density at radius 1 is 1.37 bits per heavy atom. The first kappa shape index (κ1) is 15.7. The Labute approximate surface area is 122 Å². The molecule has 1 rings (SSSR count). The van der Waals surface area contributed by atoms with Crippen LogP contribution in [0.15, 0.2) is 5.38 Å². The molecule has 1 aromatic heterocycles. The van der Waals surface area contributed by atoms with Gasteiger partial charge in [-0.3, -0.25) is 19.3 Å². The van der Waals surface area contributed by atoms with Gasteiger partial charge in [-0.15, -0.1) is 34.5 Å². The highest BCUT2D eigenvalue weighted by atomic mass is 35.5. The number of amides is 2. The van der Waals surface area contributed by atoms with Crippen molar-refractivity contribution in [1.82, 2.24) is 4.98 Å². The number of alkyl halides is 2. The molecule has 1 heterocycles. The highest BCUT2D eigenvalue weighted by molar-refractivity contribution is 7.14. The molecule has 0 bridgehead atoms. The van der Waals surface area contributed by atoms with E-state index < -0.39 is 24.3 Å². The third-order valence-corrected chi connectivity index (χ3v) is 3.06. The fourth-order valence-electron chi connectivity index (χ4n) is 1.10. The van der Waals surface area contributed by atoms with E-state index in [1.807, 2.05) is 0 Å². The van der Waals surface area contributed by atoms with Crippen LogP contribution in [0.2, 0.25) is 0 Å². The molecule has 0 aliphatic rings. The molecule has 0 spiro atoms. The highest BCUT2D eigenvalue weighted by Gasteiger charge is 2.20. The summed E-state index contributed by atoms with van der Waals surface area (Å²) in [7, 11) is 0. The average molecular weight is 326 g/mol. The summed E-state index contributed by atoms with van der Waals surface area (Å²) in [5, 5.41) is 12.8. The molecule has 0 saturated carbocycles. The Balaban J connectivity index is 2.88. The molecule has 2 N–H and O–H groups in total. The quantitative estimate of drug-likeness (QED) is 0.759. The molecule has 0 fully saturated rings. The van der Waals surface area contributed by atoms with E-state index in [1.54, 1.807) is 0 Å². The van der Waals surface area contributed by atoms with Crippen LogP contribution in [0, 0.1) is 0 Å². The Hall–Kier alpha value is -1.38. The van der Waals surface area contributed by atoms with Gasteiger partial charge in [-0.2, -0.15) is 0 Å². The van der Waals surface area contributed by atoms with Crippen molar-refractivity contribution in [1.29, 1.82) is 0 Å². The SMILES string of the molecule is O=C(O)CN(C(=O)CCl)c1csc(NC(=O)CCl)n1. The fraction of sp³-hybridized carbons (Fsp3) is 0.333. The number of aliphatic carboxylic acids is 1. The van der Waals surface area contributed by atoms with E-state index in [2.05, 4.69) is 10.3 Å². The third-order valence-electron chi connectivity index (χ3n) is 1.85. The van der Waals surface area contributed by atoms with Gasteiger partial charge in [0.25, 0.3) is 0 Å². The van der Waals surface area contributed by atoms with Gasteiger partial charge in [-0.25, -0.2) is 4.98 Å². The molecule has 0 aromatic carbocycles. The van der Waals surface area contributed by atoms with Gasteiger partial charge in [-0.1, -0.05) is 0 Å². The summed E-state index contributed by atoms with van der Waals surface area (Å²) in [6, 6.07) is 0. The van der Waals surface area contributed by atoms with Crippen LogP contribution in [0.1, 0.15) is 0 Å². The lowest BCUT2D eigenvalue weighted by molar-refractivity contribution is -0.136. The average Bonchev–Trinajstić information content (AvgIpc) is 2.82. The molecule has 19 heavy (non-hydrogen) atoms. The van der Waals surface area contributed by atoms with Crippen molar-refractivity contribution in [3.8, 4) is 0 Å². The first-order chi connectivity index (χ1) is 8.97. The van der Waals surface area contributed by atoms with E-state index in [0.29, 0.717) is 0 Å². The number of carbonyl (C=O) groups is 3. The van der Waals surface area contributed by atoms with Gasteiger partial charge < -0.3 is 10.4 Å². The van der Waals surface area contributed by atoms with E-state index in [1.165, 1.54) is 5.38 Å². The number of nitrogens with zero attached hydrogens (tertiary/aromatic N) is 2. The van der Waals surface area contributed by atoms with Gasteiger partial charge in [0.1, 0.15) is 24.1 Å². The summed E-state index contributed by atoms with van der Waals surface area (Å²) in [4.78, 5) is 38.1. The maximum Gasteiger partial charge on any atom is 0.323 e. The van der Waals surface area contributed by atoms with Crippen molar-refractivity contribution >= 4 is 63.3 Å². The number of hydrogen-bond acceptors (Lipinski definition) is 5. The topological polar surface area (TPSA) is 99.6 Å². The molecule has 0 aliphatic carbocycles. The van der Waals surface area contributed by atoms with Crippen molar-refractivity contribution in [2.75, 3.05) is 28.5 Å². The van der Waals surface area contributed by atoms with Gasteiger partial charge in [0.2, 0.25) is 11.8 Å². The van der Waals surface area contributed by atoms with Crippen LogP contribution >= 0.6 is 34.5 Å². The fourth-order valence-corrected chi connectivity index (χ4v) is 2.03. The van der Waals surface area contributed by atoms with Crippen molar-refractivity contribution in [2.24, 2.45) is 0 Å². The summed E-state index contributed by atoms with van der Waals surface area (Å²) >= 11 is 11.8. The molecule has 10 heteroatoms. The summed E-state index contributed by atoms with van der Waals surface area (Å²) < 4.78 is 0. The number of carboxylic acid groups (broad SMARTS) is 1. The first-order valence-corrected chi connectivity index (χ1v) is 6.82. The smallest absolute Gasteiger partial charge is 0.323 e. The standard InChI is InChI=1S/C9H9Cl2N3O4S/c10-1-6(15)13-9-12-5(4-19-9)14(3-8(17)18)7(16)2-11/h4H,1-3H2,(H,17,18)(H,12,13,15). The number of halogens is 2. The number of carboxylic acids is 1. The van der Waals surface area contributed by atoms with E-state index in [0.717, 1.165) is 16.2 Å². The minimum Gasteiger partial charge on any atom is -0.480 e. The summed E-state index contributed by atoms with van der Waals surface area (Å²) in [6.45, 7) is -0.557. The minimum absolute atomic E-state index is 0.114. The van der Waals surface area contributed by atoms with E-state index in [9.17, 15) is 14.4 Å². The number of thiazole rings is 1. The largest absolute Gasteiger partial charge is 0.480 e. The van der Waals surface area contributed by atoms with Crippen LogP contribution in [-0.2, 0) is 14.4 Å². The van der Waals surface area contributed by atoms with Gasteiger partial charge in [0.05, 0.1) is 0 Å². The zero-order valence-electron chi connectivity index (χ0n) is 9.43. The maximum absolute atomic E-state index is 11.5. The second kappa shape index (κ2) is 7.27. The monoisotopic (exact) mass is 325 g/mol. The molecule has 0 aliphatic heterocycles. The Morgan fingerprint density at radius 2 is 2.05 bits per heavy atom. The molecular weight excluding hydrogens is 317 g/mol. The molecule has 0 radical (unpaired) electrons. The molecule has 2 amide bonds. The Bertz CT molecular complexity index is 494. The van der Waals surface area contributed by atoms with Crippen LogP contribution in [-0.4, -0.2) is 46.2 Å². The van der Waals surface area contributed by atoms with E-state index in [-0.39, 0.29) is 22.7 Å². The lowest BCUT2D eigenvalue weighted by Crippen LogP contribution is -2.36. The van der Waals surface area contributed by atoms with Crippen molar-refractivity contribution in [3.63, 3.8) is 0 Å². The van der Waals surface area contributed by atoms with Crippen LogP contribution in [0.3, 0.4) is 0 Å². The van der Waals surface area contributed by atoms with Crippen LogP contribution in [0.5, 0.6) is 0 Å². The van der Waals surface area contributed by atoms with Gasteiger partial charge in [0.15, 0.2) is 5.13 Å². The van der Waals surface area contributed by atoms with Crippen molar-refractivity contribution < 1.29 is 19.5 Å². The van der Waals surface area contributed by atoms with E-state index >= 15 is 0 Å².